The summed E-state index contributed by atoms with van der Waals surface area (Å²) in [6.45, 7) is 7.59. The standard InChI is InChI=1S/C10H21N3O/c1-3-5-12-10(14)13-7-4-9(2)11-6-8-13/h9,11H,3-8H2,1-2H3,(H,12,14). The average molecular weight is 199 g/mol. The number of carbonyl (C=O) groups is 1. The van der Waals surface area contributed by atoms with Crippen LogP contribution in [0.2, 0.25) is 0 Å². The minimum atomic E-state index is 0.0859. The van der Waals surface area contributed by atoms with E-state index in [4.69, 9.17) is 0 Å². The number of rotatable bonds is 2. The van der Waals surface area contributed by atoms with E-state index < -0.39 is 0 Å². The van der Waals surface area contributed by atoms with Crippen LogP contribution in [0, 0.1) is 0 Å². The first kappa shape index (κ1) is 11.3. The van der Waals surface area contributed by atoms with Gasteiger partial charge in [0.1, 0.15) is 0 Å². The van der Waals surface area contributed by atoms with Gasteiger partial charge in [0.15, 0.2) is 0 Å². The molecule has 14 heavy (non-hydrogen) atoms. The molecule has 4 nitrogen and oxygen atoms in total. The average Bonchev–Trinajstić information content (AvgIpc) is 2.39. The highest BCUT2D eigenvalue weighted by molar-refractivity contribution is 5.74. The van der Waals surface area contributed by atoms with Crippen molar-refractivity contribution in [3.8, 4) is 0 Å². The molecule has 0 spiro atoms. The second-order valence-electron chi connectivity index (χ2n) is 3.86. The lowest BCUT2D eigenvalue weighted by atomic mass is 10.2. The van der Waals surface area contributed by atoms with Crippen LogP contribution in [0.1, 0.15) is 26.7 Å². The van der Waals surface area contributed by atoms with E-state index >= 15 is 0 Å². The number of amides is 2. The Morgan fingerprint density at radius 2 is 2.36 bits per heavy atom. The normalized spacial score (nSPS) is 23.0. The highest BCUT2D eigenvalue weighted by atomic mass is 16.2. The minimum absolute atomic E-state index is 0.0859. The molecule has 1 heterocycles. The van der Waals surface area contributed by atoms with E-state index in [1.54, 1.807) is 0 Å². The third kappa shape index (κ3) is 3.54. The van der Waals surface area contributed by atoms with Crippen molar-refractivity contribution in [3.05, 3.63) is 0 Å². The van der Waals surface area contributed by atoms with Gasteiger partial charge in [-0.3, -0.25) is 0 Å². The summed E-state index contributed by atoms with van der Waals surface area (Å²) in [4.78, 5) is 13.5. The lowest BCUT2D eigenvalue weighted by Crippen LogP contribution is -2.41. The largest absolute Gasteiger partial charge is 0.338 e. The zero-order valence-electron chi connectivity index (χ0n) is 9.18. The van der Waals surface area contributed by atoms with Crippen LogP contribution in [0.15, 0.2) is 0 Å². The van der Waals surface area contributed by atoms with Gasteiger partial charge in [0, 0.05) is 32.2 Å². The van der Waals surface area contributed by atoms with Gasteiger partial charge < -0.3 is 15.5 Å². The topological polar surface area (TPSA) is 44.4 Å². The molecule has 2 amide bonds. The SMILES string of the molecule is CCCNC(=O)N1CCNC(C)CC1. The number of carbonyl (C=O) groups excluding carboxylic acids is 1. The molecule has 1 saturated heterocycles. The van der Waals surface area contributed by atoms with Crippen LogP contribution in [-0.2, 0) is 0 Å². The number of nitrogens with zero attached hydrogens (tertiary/aromatic N) is 1. The number of hydrogen-bond donors (Lipinski definition) is 2. The molecule has 0 aromatic heterocycles. The van der Waals surface area contributed by atoms with Gasteiger partial charge in [-0.15, -0.1) is 0 Å². The molecule has 1 unspecified atom stereocenters. The molecule has 4 heteroatoms. The van der Waals surface area contributed by atoms with E-state index in [1.165, 1.54) is 0 Å². The Morgan fingerprint density at radius 3 is 3.07 bits per heavy atom. The fraction of sp³-hybridized carbons (Fsp3) is 0.900. The molecule has 1 rings (SSSR count). The van der Waals surface area contributed by atoms with Crippen LogP contribution in [0.4, 0.5) is 4.79 Å². The molecule has 0 radical (unpaired) electrons. The third-order valence-corrected chi connectivity index (χ3v) is 2.52. The lowest BCUT2D eigenvalue weighted by Gasteiger charge is -2.20. The summed E-state index contributed by atoms with van der Waals surface area (Å²) in [5.74, 6) is 0. The van der Waals surface area contributed by atoms with Crippen LogP contribution < -0.4 is 10.6 Å². The summed E-state index contributed by atoms with van der Waals surface area (Å²) in [5.41, 5.74) is 0. The summed E-state index contributed by atoms with van der Waals surface area (Å²) >= 11 is 0. The van der Waals surface area contributed by atoms with Crippen molar-refractivity contribution in [1.29, 1.82) is 0 Å². The smallest absolute Gasteiger partial charge is 0.317 e. The molecule has 0 aliphatic carbocycles. The first-order chi connectivity index (χ1) is 6.74. The molecule has 0 bridgehead atoms. The van der Waals surface area contributed by atoms with Crippen molar-refractivity contribution in [2.24, 2.45) is 0 Å². The fourth-order valence-corrected chi connectivity index (χ4v) is 1.56. The van der Waals surface area contributed by atoms with E-state index in [9.17, 15) is 4.79 Å². The third-order valence-electron chi connectivity index (χ3n) is 2.52. The van der Waals surface area contributed by atoms with Crippen molar-refractivity contribution in [2.45, 2.75) is 32.7 Å². The van der Waals surface area contributed by atoms with Crippen molar-refractivity contribution in [1.82, 2.24) is 15.5 Å². The van der Waals surface area contributed by atoms with E-state index in [0.29, 0.717) is 6.04 Å². The molecule has 1 fully saturated rings. The van der Waals surface area contributed by atoms with Crippen LogP contribution in [0.3, 0.4) is 0 Å². The predicted octanol–water partition coefficient (Wildman–Crippen LogP) is 0.790. The van der Waals surface area contributed by atoms with Gasteiger partial charge >= 0.3 is 6.03 Å². The van der Waals surface area contributed by atoms with E-state index in [2.05, 4.69) is 24.5 Å². The maximum absolute atomic E-state index is 11.6. The zero-order valence-corrected chi connectivity index (χ0v) is 9.18. The highest BCUT2D eigenvalue weighted by Crippen LogP contribution is 2.00. The van der Waals surface area contributed by atoms with Crippen molar-refractivity contribution in [2.75, 3.05) is 26.2 Å². The molecule has 0 saturated carbocycles. The van der Waals surface area contributed by atoms with Gasteiger partial charge in [0.2, 0.25) is 0 Å². The molecule has 1 aliphatic rings. The molecular weight excluding hydrogens is 178 g/mol. The van der Waals surface area contributed by atoms with Gasteiger partial charge in [-0.05, 0) is 19.8 Å². The highest BCUT2D eigenvalue weighted by Gasteiger charge is 2.16. The van der Waals surface area contributed by atoms with Crippen molar-refractivity contribution in [3.63, 3.8) is 0 Å². The van der Waals surface area contributed by atoms with E-state index in [1.807, 2.05) is 4.90 Å². The second-order valence-corrected chi connectivity index (χ2v) is 3.86. The maximum Gasteiger partial charge on any atom is 0.317 e. The van der Waals surface area contributed by atoms with Crippen molar-refractivity contribution >= 4 is 6.03 Å². The summed E-state index contributed by atoms with van der Waals surface area (Å²) in [5, 5.41) is 6.27. The fourth-order valence-electron chi connectivity index (χ4n) is 1.56. The molecule has 1 atom stereocenters. The molecule has 0 aromatic carbocycles. The monoisotopic (exact) mass is 199 g/mol. The summed E-state index contributed by atoms with van der Waals surface area (Å²) < 4.78 is 0. The van der Waals surface area contributed by atoms with Crippen LogP contribution in [0.25, 0.3) is 0 Å². The summed E-state index contributed by atoms with van der Waals surface area (Å²) in [6, 6.07) is 0.613. The van der Waals surface area contributed by atoms with Gasteiger partial charge in [0.25, 0.3) is 0 Å². The summed E-state index contributed by atoms with van der Waals surface area (Å²) in [6.07, 6.45) is 2.04. The number of urea groups is 1. The lowest BCUT2D eigenvalue weighted by molar-refractivity contribution is 0.201. The van der Waals surface area contributed by atoms with Crippen LogP contribution in [-0.4, -0.2) is 43.2 Å². The Morgan fingerprint density at radius 1 is 1.57 bits per heavy atom. The number of nitrogens with one attached hydrogen (secondary N) is 2. The van der Waals surface area contributed by atoms with Gasteiger partial charge in [-0.1, -0.05) is 6.92 Å². The molecule has 2 N–H and O–H groups in total. The Kier molecular flexibility index (Phi) is 4.73. The van der Waals surface area contributed by atoms with Gasteiger partial charge in [-0.25, -0.2) is 4.79 Å². The zero-order chi connectivity index (χ0) is 10.4. The van der Waals surface area contributed by atoms with Crippen LogP contribution >= 0.6 is 0 Å². The van der Waals surface area contributed by atoms with Crippen LogP contribution in [0.5, 0.6) is 0 Å². The molecule has 82 valence electrons. The molecular formula is C10H21N3O. The molecule has 1 aliphatic heterocycles. The van der Waals surface area contributed by atoms with Gasteiger partial charge in [-0.2, -0.15) is 0 Å². The van der Waals surface area contributed by atoms with Crippen molar-refractivity contribution < 1.29 is 4.79 Å². The second kappa shape index (κ2) is 5.86. The first-order valence-corrected chi connectivity index (χ1v) is 5.50. The maximum atomic E-state index is 11.6. The summed E-state index contributed by atoms with van der Waals surface area (Å²) in [7, 11) is 0. The van der Waals surface area contributed by atoms with Gasteiger partial charge in [0.05, 0.1) is 0 Å². The molecule has 0 aromatic rings. The van der Waals surface area contributed by atoms with E-state index in [0.717, 1.165) is 39.0 Å². The Labute approximate surface area is 86.0 Å². The predicted molar refractivity (Wildman–Crippen MR) is 57.3 cm³/mol. The van der Waals surface area contributed by atoms with E-state index in [-0.39, 0.29) is 6.03 Å². The quantitative estimate of drug-likeness (QED) is 0.690. The Bertz CT molecular complexity index is 184. The Hall–Kier alpha value is -0.770. The number of hydrogen-bond acceptors (Lipinski definition) is 2. The minimum Gasteiger partial charge on any atom is -0.338 e. The Balaban J connectivity index is 2.31. The first-order valence-electron chi connectivity index (χ1n) is 5.50.